The van der Waals surface area contributed by atoms with Crippen molar-refractivity contribution in [2.45, 2.75) is 18.3 Å². The number of methoxy groups -OCH3 is 1. The normalized spacial score (nSPS) is 17.8. The predicted molar refractivity (Wildman–Crippen MR) is 80.5 cm³/mol. The molecule has 2 aromatic rings. The van der Waals surface area contributed by atoms with E-state index < -0.39 is 0 Å². The maximum atomic E-state index is 11.2. The first-order chi connectivity index (χ1) is 10.1. The summed E-state index contributed by atoms with van der Waals surface area (Å²) in [7, 11) is 1.63. The van der Waals surface area contributed by atoms with Crippen LogP contribution in [0, 0.1) is 10.1 Å². The lowest BCUT2D eigenvalue weighted by Crippen LogP contribution is -2.44. The smallest absolute Gasteiger partial charge is 0.213 e. The average molecular weight is 289 g/mol. The highest BCUT2D eigenvalue weighted by Gasteiger charge is 2.40. The molecule has 1 aliphatic heterocycles. The van der Waals surface area contributed by atoms with Crippen molar-refractivity contribution in [2.75, 3.05) is 26.7 Å². The zero-order chi connectivity index (χ0) is 14.9. The van der Waals surface area contributed by atoms with E-state index >= 15 is 0 Å². The Labute approximate surface area is 122 Å². The van der Waals surface area contributed by atoms with Crippen LogP contribution in [0.1, 0.15) is 18.4 Å². The van der Waals surface area contributed by atoms with Crippen molar-refractivity contribution in [3.8, 4) is 5.75 Å². The summed E-state index contributed by atoms with van der Waals surface area (Å²) in [5, 5.41) is 15.5. The monoisotopic (exact) mass is 289 g/mol. The van der Waals surface area contributed by atoms with Crippen molar-refractivity contribution < 1.29 is 9.66 Å². The fraction of sp³-hybridized carbons (Fsp3) is 0.467. The van der Waals surface area contributed by atoms with Crippen LogP contribution in [0.3, 0.4) is 0 Å². The fourth-order valence-corrected chi connectivity index (χ4v) is 3.34. The molecule has 0 radical (unpaired) electrons. The number of benzene rings is 1. The molecule has 2 heterocycles. The molecular formula is C15H19N3O3. The van der Waals surface area contributed by atoms with Crippen LogP contribution in [0.25, 0.3) is 10.9 Å². The Kier molecular flexibility index (Phi) is 3.55. The zero-order valence-electron chi connectivity index (χ0n) is 12.0. The molecule has 6 nitrogen and oxygen atoms in total. The van der Waals surface area contributed by atoms with Gasteiger partial charge in [0.05, 0.1) is 12.5 Å². The first-order valence-corrected chi connectivity index (χ1v) is 7.13. The van der Waals surface area contributed by atoms with Crippen LogP contribution in [0.4, 0.5) is 0 Å². The Morgan fingerprint density at radius 1 is 1.38 bits per heavy atom. The molecule has 1 aromatic carbocycles. The van der Waals surface area contributed by atoms with Gasteiger partial charge in [-0.15, -0.1) is 0 Å². The van der Waals surface area contributed by atoms with Crippen LogP contribution in [0.2, 0.25) is 0 Å². The van der Waals surface area contributed by atoms with Gasteiger partial charge < -0.3 is 15.0 Å². The summed E-state index contributed by atoms with van der Waals surface area (Å²) in [6.45, 7) is 1.61. The van der Waals surface area contributed by atoms with Crippen molar-refractivity contribution in [2.24, 2.45) is 0 Å². The Morgan fingerprint density at radius 2 is 2.14 bits per heavy atom. The van der Waals surface area contributed by atoms with Gasteiger partial charge >= 0.3 is 0 Å². The molecule has 3 rings (SSSR count). The van der Waals surface area contributed by atoms with Gasteiger partial charge in [-0.25, -0.2) is 0 Å². The zero-order valence-corrected chi connectivity index (χ0v) is 12.0. The van der Waals surface area contributed by atoms with Crippen LogP contribution in [-0.2, 0) is 5.41 Å². The molecule has 21 heavy (non-hydrogen) atoms. The highest BCUT2D eigenvalue weighted by atomic mass is 16.6. The number of rotatable bonds is 4. The SMILES string of the molecule is COc1ccc2c(C3(C[N+](=O)[O-])CCNCC3)c[nH]c2c1. The quantitative estimate of drug-likeness (QED) is 0.667. The number of hydrogen-bond acceptors (Lipinski definition) is 4. The topological polar surface area (TPSA) is 80.2 Å². The molecule has 2 N–H and O–H groups in total. The Hall–Kier alpha value is -2.08. The number of H-pyrrole nitrogens is 1. The van der Waals surface area contributed by atoms with E-state index in [-0.39, 0.29) is 16.9 Å². The number of nitrogens with one attached hydrogen (secondary N) is 2. The van der Waals surface area contributed by atoms with Crippen molar-refractivity contribution >= 4 is 10.9 Å². The third-order valence-electron chi connectivity index (χ3n) is 4.45. The van der Waals surface area contributed by atoms with Crippen molar-refractivity contribution in [3.63, 3.8) is 0 Å². The fourth-order valence-electron chi connectivity index (χ4n) is 3.34. The number of ether oxygens (including phenoxy) is 1. The van der Waals surface area contributed by atoms with E-state index in [4.69, 9.17) is 4.74 Å². The van der Waals surface area contributed by atoms with Crippen LogP contribution in [0.5, 0.6) is 5.75 Å². The average Bonchev–Trinajstić information content (AvgIpc) is 2.91. The number of nitro groups is 1. The Morgan fingerprint density at radius 3 is 2.81 bits per heavy atom. The largest absolute Gasteiger partial charge is 0.497 e. The van der Waals surface area contributed by atoms with E-state index in [1.54, 1.807) is 7.11 Å². The van der Waals surface area contributed by atoms with Gasteiger partial charge in [-0.1, -0.05) is 0 Å². The van der Waals surface area contributed by atoms with Gasteiger partial charge in [-0.2, -0.15) is 0 Å². The molecular weight excluding hydrogens is 270 g/mol. The van der Waals surface area contributed by atoms with Gasteiger partial charge in [-0.3, -0.25) is 10.1 Å². The minimum Gasteiger partial charge on any atom is -0.497 e. The molecule has 0 bridgehead atoms. The summed E-state index contributed by atoms with van der Waals surface area (Å²) in [5.41, 5.74) is 1.63. The Balaban J connectivity index is 2.08. The lowest BCUT2D eigenvalue weighted by molar-refractivity contribution is -0.491. The van der Waals surface area contributed by atoms with Gasteiger partial charge in [0, 0.05) is 28.1 Å². The molecule has 6 heteroatoms. The third-order valence-corrected chi connectivity index (χ3v) is 4.45. The molecule has 1 saturated heterocycles. The molecule has 1 aliphatic rings. The highest BCUT2D eigenvalue weighted by molar-refractivity contribution is 5.85. The maximum Gasteiger partial charge on any atom is 0.213 e. The molecule has 0 saturated carbocycles. The minimum absolute atomic E-state index is 0.0202. The Bertz CT molecular complexity index is 659. The summed E-state index contributed by atoms with van der Waals surface area (Å²) in [6.07, 6.45) is 3.50. The second kappa shape index (κ2) is 5.37. The van der Waals surface area contributed by atoms with Gasteiger partial charge in [0.15, 0.2) is 0 Å². The lowest BCUT2D eigenvalue weighted by Gasteiger charge is -2.34. The van der Waals surface area contributed by atoms with E-state index in [9.17, 15) is 10.1 Å². The second-order valence-corrected chi connectivity index (χ2v) is 5.64. The molecule has 0 aliphatic carbocycles. The van der Waals surface area contributed by atoms with Crippen LogP contribution < -0.4 is 10.1 Å². The highest BCUT2D eigenvalue weighted by Crippen LogP contribution is 2.38. The van der Waals surface area contributed by atoms with Gasteiger partial charge in [0.1, 0.15) is 5.75 Å². The van der Waals surface area contributed by atoms with Crippen molar-refractivity contribution in [1.29, 1.82) is 0 Å². The molecule has 1 aromatic heterocycles. The lowest BCUT2D eigenvalue weighted by atomic mass is 9.73. The van der Waals surface area contributed by atoms with Crippen molar-refractivity contribution in [3.05, 3.63) is 40.1 Å². The van der Waals surface area contributed by atoms with Gasteiger partial charge in [0.25, 0.3) is 0 Å². The summed E-state index contributed by atoms with van der Waals surface area (Å²) in [6, 6.07) is 5.82. The number of nitrogens with zero attached hydrogens (tertiary/aromatic N) is 1. The predicted octanol–water partition coefficient (Wildman–Crippen LogP) is 2.07. The molecule has 0 amide bonds. The number of hydrogen-bond donors (Lipinski definition) is 2. The number of piperidine rings is 1. The van der Waals surface area contributed by atoms with E-state index in [2.05, 4.69) is 10.3 Å². The van der Waals surface area contributed by atoms with Crippen LogP contribution in [-0.4, -0.2) is 36.7 Å². The molecule has 0 atom stereocenters. The third kappa shape index (κ3) is 2.47. The second-order valence-electron chi connectivity index (χ2n) is 5.64. The first-order valence-electron chi connectivity index (χ1n) is 7.13. The van der Waals surface area contributed by atoms with E-state index in [1.807, 2.05) is 24.4 Å². The summed E-state index contributed by atoms with van der Waals surface area (Å²) < 4.78 is 5.23. The van der Waals surface area contributed by atoms with Crippen LogP contribution in [0.15, 0.2) is 24.4 Å². The molecule has 1 fully saturated rings. The maximum absolute atomic E-state index is 11.2. The summed E-state index contributed by atoms with van der Waals surface area (Å²) in [5.74, 6) is 0.782. The standard InChI is InChI=1S/C15H19N3O3/c1-21-11-2-3-12-13(9-17-14(12)8-11)15(10-18(19)20)4-6-16-7-5-15/h2-3,8-9,16-17H,4-7,10H2,1H3. The van der Waals surface area contributed by atoms with E-state index in [0.717, 1.165) is 48.1 Å². The van der Waals surface area contributed by atoms with Crippen LogP contribution >= 0.6 is 0 Å². The number of aromatic nitrogens is 1. The van der Waals surface area contributed by atoms with Gasteiger partial charge in [0.2, 0.25) is 6.54 Å². The minimum atomic E-state index is -0.387. The van der Waals surface area contributed by atoms with Crippen molar-refractivity contribution in [1.82, 2.24) is 10.3 Å². The molecule has 112 valence electrons. The number of aromatic amines is 1. The number of fused-ring (bicyclic) bond motifs is 1. The molecule has 0 unspecified atom stereocenters. The summed E-state index contributed by atoms with van der Waals surface area (Å²) in [4.78, 5) is 14.2. The van der Waals surface area contributed by atoms with E-state index in [0.29, 0.717) is 0 Å². The molecule has 0 spiro atoms. The first kappa shape index (κ1) is 13.9. The van der Waals surface area contributed by atoms with Gasteiger partial charge in [-0.05, 0) is 43.6 Å². The summed E-state index contributed by atoms with van der Waals surface area (Å²) >= 11 is 0. The van der Waals surface area contributed by atoms with E-state index in [1.165, 1.54) is 0 Å².